The minimum Gasteiger partial charge on any atom is -0.441 e. The van der Waals surface area contributed by atoms with E-state index in [1.807, 2.05) is 85.8 Å². The van der Waals surface area contributed by atoms with Gasteiger partial charge in [-0.05, 0) is 59.1 Å². The normalized spacial score (nSPS) is 14.7. The van der Waals surface area contributed by atoms with E-state index in [1.54, 1.807) is 0 Å². The van der Waals surface area contributed by atoms with Gasteiger partial charge in [0.1, 0.15) is 18.1 Å². The molecular formula is C28H23ClN2O3S. The number of nitrogens with zero attached hydrogens (tertiary/aromatic N) is 1. The Morgan fingerprint density at radius 2 is 1.60 bits per heavy atom. The molecule has 1 heterocycles. The van der Waals surface area contributed by atoms with E-state index in [-0.39, 0.29) is 10.6 Å². The van der Waals surface area contributed by atoms with Crippen molar-refractivity contribution in [2.24, 2.45) is 0 Å². The van der Waals surface area contributed by atoms with Gasteiger partial charge in [0.2, 0.25) is 0 Å². The Hall–Kier alpha value is -3.48. The second-order valence-electron chi connectivity index (χ2n) is 8.69. The summed E-state index contributed by atoms with van der Waals surface area (Å²) in [6.45, 7) is 1.82. The van der Waals surface area contributed by atoms with Gasteiger partial charge in [0.15, 0.2) is 5.15 Å². The average Bonchev–Trinajstić information content (AvgIpc) is 3.62. The van der Waals surface area contributed by atoms with Gasteiger partial charge in [-0.25, -0.2) is 4.79 Å². The second kappa shape index (κ2) is 9.64. The van der Waals surface area contributed by atoms with Crippen LogP contribution in [0.4, 0.5) is 10.5 Å². The molecule has 1 N–H and O–H groups in total. The number of anilines is 1. The highest BCUT2D eigenvalue weighted by atomic mass is 35.5. The fourth-order valence-electron chi connectivity index (χ4n) is 4.08. The van der Waals surface area contributed by atoms with Crippen LogP contribution in [0, 0.1) is 0 Å². The molecule has 1 aromatic heterocycles. The van der Waals surface area contributed by atoms with Crippen LogP contribution in [0.15, 0.2) is 78.9 Å². The summed E-state index contributed by atoms with van der Waals surface area (Å²) >= 11 is 7.51. The maximum atomic E-state index is 12.6. The summed E-state index contributed by atoms with van der Waals surface area (Å²) in [4.78, 5) is 24.7. The lowest BCUT2D eigenvalue weighted by atomic mass is 9.95. The molecule has 4 aromatic rings. The standard InChI is InChI=1S/C28H23ClN2O3S/c1-18(19-5-3-2-4-6-19)34-27(33)30-24-25(35-31-26(24)29)22-9-7-20(8-10-22)21-11-13-23(14-12-21)28(17-32)15-16-28/h2-14,17-18H,15-16H2,1H3,(H,30,33)/t18-/m1/s1. The molecule has 0 saturated heterocycles. The molecule has 0 radical (unpaired) electrons. The first-order valence-electron chi connectivity index (χ1n) is 11.3. The summed E-state index contributed by atoms with van der Waals surface area (Å²) < 4.78 is 9.74. The number of carbonyl (C=O) groups excluding carboxylic acids is 2. The Morgan fingerprint density at radius 1 is 1.00 bits per heavy atom. The van der Waals surface area contributed by atoms with Crippen molar-refractivity contribution < 1.29 is 14.3 Å². The number of hydrogen-bond donors (Lipinski definition) is 1. The number of hydrogen-bond acceptors (Lipinski definition) is 5. The number of halogens is 1. The third-order valence-corrected chi connectivity index (χ3v) is 7.65. The minimum atomic E-state index is -0.592. The molecule has 176 valence electrons. The van der Waals surface area contributed by atoms with Crippen LogP contribution >= 0.6 is 23.1 Å². The molecule has 7 heteroatoms. The van der Waals surface area contributed by atoms with Gasteiger partial charge < -0.3 is 9.53 Å². The smallest absolute Gasteiger partial charge is 0.412 e. The number of aldehydes is 1. The SMILES string of the molecule is C[C@@H](OC(=O)Nc1c(Cl)nsc1-c1ccc(-c2ccc(C3(C=O)CC3)cc2)cc1)c1ccccc1. The van der Waals surface area contributed by atoms with Crippen LogP contribution < -0.4 is 5.32 Å². The first-order chi connectivity index (χ1) is 17.0. The molecule has 0 bridgehead atoms. The topological polar surface area (TPSA) is 68.3 Å². The Morgan fingerprint density at radius 3 is 2.20 bits per heavy atom. The summed E-state index contributed by atoms with van der Waals surface area (Å²) in [6.07, 6.45) is 1.93. The van der Waals surface area contributed by atoms with E-state index < -0.39 is 12.2 Å². The van der Waals surface area contributed by atoms with Gasteiger partial charge >= 0.3 is 6.09 Å². The third-order valence-electron chi connectivity index (χ3n) is 6.38. The zero-order chi connectivity index (χ0) is 24.4. The summed E-state index contributed by atoms with van der Waals surface area (Å²) in [5.41, 5.74) is 5.16. The number of ether oxygens (including phenoxy) is 1. The van der Waals surface area contributed by atoms with E-state index in [4.69, 9.17) is 16.3 Å². The fourth-order valence-corrected chi connectivity index (χ4v) is 5.12. The summed E-state index contributed by atoms with van der Waals surface area (Å²) in [7, 11) is 0. The molecule has 1 aliphatic carbocycles. The van der Waals surface area contributed by atoms with Crippen LogP contribution in [-0.2, 0) is 14.9 Å². The zero-order valence-corrected chi connectivity index (χ0v) is 20.6. The molecule has 1 saturated carbocycles. The fraction of sp³-hybridized carbons (Fsp3) is 0.179. The van der Waals surface area contributed by atoms with E-state index in [9.17, 15) is 9.59 Å². The molecular weight excluding hydrogens is 480 g/mol. The van der Waals surface area contributed by atoms with Gasteiger partial charge in [-0.3, -0.25) is 5.32 Å². The molecule has 1 aliphatic rings. The van der Waals surface area contributed by atoms with Crippen molar-refractivity contribution >= 4 is 41.2 Å². The number of carbonyl (C=O) groups is 2. The highest BCUT2D eigenvalue weighted by Gasteiger charge is 2.44. The maximum Gasteiger partial charge on any atom is 0.412 e. The summed E-state index contributed by atoms with van der Waals surface area (Å²) in [6, 6.07) is 25.7. The van der Waals surface area contributed by atoms with Crippen molar-refractivity contribution in [3.63, 3.8) is 0 Å². The number of rotatable bonds is 7. The molecule has 0 aliphatic heterocycles. The van der Waals surface area contributed by atoms with Crippen LogP contribution in [0.5, 0.6) is 0 Å². The number of nitrogens with one attached hydrogen (secondary N) is 1. The van der Waals surface area contributed by atoms with E-state index in [1.165, 1.54) is 11.5 Å². The highest BCUT2D eigenvalue weighted by molar-refractivity contribution is 7.10. The predicted octanol–water partition coefficient (Wildman–Crippen LogP) is 7.67. The second-order valence-corrected chi connectivity index (χ2v) is 9.82. The quantitative estimate of drug-likeness (QED) is 0.263. The average molecular weight is 503 g/mol. The largest absolute Gasteiger partial charge is 0.441 e. The van der Waals surface area contributed by atoms with Gasteiger partial charge in [0, 0.05) is 0 Å². The Bertz CT molecular complexity index is 1350. The molecule has 1 amide bonds. The van der Waals surface area contributed by atoms with Crippen molar-refractivity contribution in [2.75, 3.05) is 5.32 Å². The molecule has 35 heavy (non-hydrogen) atoms. The monoisotopic (exact) mass is 502 g/mol. The van der Waals surface area contributed by atoms with E-state index >= 15 is 0 Å². The van der Waals surface area contributed by atoms with Gasteiger partial charge in [-0.15, -0.1) is 0 Å². The summed E-state index contributed by atoms with van der Waals surface area (Å²) in [5, 5.41) is 2.98. The van der Waals surface area contributed by atoms with Crippen molar-refractivity contribution in [1.82, 2.24) is 4.37 Å². The Balaban J connectivity index is 1.30. The Labute approximate surface area is 212 Å². The van der Waals surface area contributed by atoms with Crippen LogP contribution in [0.2, 0.25) is 5.15 Å². The lowest BCUT2D eigenvalue weighted by molar-refractivity contribution is -0.109. The lowest BCUT2D eigenvalue weighted by Crippen LogP contribution is -2.16. The highest BCUT2D eigenvalue weighted by Crippen LogP contribution is 2.46. The molecule has 0 spiro atoms. The Kier molecular flexibility index (Phi) is 6.41. The van der Waals surface area contributed by atoms with Crippen molar-refractivity contribution in [3.8, 4) is 21.6 Å². The first-order valence-corrected chi connectivity index (χ1v) is 12.5. The van der Waals surface area contributed by atoms with Gasteiger partial charge in [0.25, 0.3) is 0 Å². The number of benzene rings is 3. The first kappa shape index (κ1) is 23.3. The van der Waals surface area contributed by atoms with Crippen molar-refractivity contribution in [3.05, 3.63) is 95.1 Å². The van der Waals surface area contributed by atoms with Crippen LogP contribution in [0.25, 0.3) is 21.6 Å². The summed E-state index contributed by atoms with van der Waals surface area (Å²) in [5.74, 6) is 0. The van der Waals surface area contributed by atoms with Crippen LogP contribution in [0.1, 0.15) is 37.0 Å². The molecule has 3 aromatic carbocycles. The minimum absolute atomic E-state index is 0.221. The van der Waals surface area contributed by atoms with E-state index in [2.05, 4.69) is 9.69 Å². The molecule has 5 nitrogen and oxygen atoms in total. The van der Waals surface area contributed by atoms with Gasteiger partial charge in [0.05, 0.1) is 10.3 Å². The lowest BCUT2D eigenvalue weighted by Gasteiger charge is -2.14. The molecule has 0 unspecified atom stereocenters. The van der Waals surface area contributed by atoms with E-state index in [0.29, 0.717) is 5.69 Å². The maximum absolute atomic E-state index is 12.6. The third kappa shape index (κ3) is 4.85. The van der Waals surface area contributed by atoms with Gasteiger partial charge in [-0.2, -0.15) is 4.37 Å². The molecule has 1 fully saturated rings. The van der Waals surface area contributed by atoms with Crippen molar-refractivity contribution in [1.29, 1.82) is 0 Å². The van der Waals surface area contributed by atoms with E-state index in [0.717, 1.165) is 51.8 Å². The van der Waals surface area contributed by atoms with Crippen molar-refractivity contribution in [2.45, 2.75) is 31.3 Å². The number of amides is 1. The molecule has 1 atom stereocenters. The zero-order valence-electron chi connectivity index (χ0n) is 19.0. The molecule has 5 rings (SSSR count). The number of aromatic nitrogens is 1. The van der Waals surface area contributed by atoms with Crippen LogP contribution in [0.3, 0.4) is 0 Å². The predicted molar refractivity (Wildman–Crippen MR) is 140 cm³/mol. The van der Waals surface area contributed by atoms with Gasteiger partial charge in [-0.1, -0.05) is 90.5 Å². The van der Waals surface area contributed by atoms with Crippen LogP contribution in [-0.4, -0.2) is 16.8 Å².